The lowest BCUT2D eigenvalue weighted by molar-refractivity contribution is 0.102. The molecule has 0 fully saturated rings. The van der Waals surface area contributed by atoms with Crippen molar-refractivity contribution in [1.82, 2.24) is 4.31 Å². The maximum absolute atomic E-state index is 12.7. The molecule has 1 N–H and O–H groups in total. The first-order chi connectivity index (χ1) is 11.9. The van der Waals surface area contributed by atoms with Gasteiger partial charge in [-0.1, -0.05) is 25.1 Å². The van der Waals surface area contributed by atoms with Crippen LogP contribution in [-0.4, -0.2) is 32.2 Å². The molecule has 7 heteroatoms. The van der Waals surface area contributed by atoms with Crippen LogP contribution in [0.2, 0.25) is 0 Å². The molecule has 0 atom stereocenters. The highest BCUT2D eigenvalue weighted by atomic mass is 32.2. The van der Waals surface area contributed by atoms with Crippen LogP contribution in [0.1, 0.15) is 29.3 Å². The van der Waals surface area contributed by atoms with E-state index in [-0.39, 0.29) is 10.5 Å². The fourth-order valence-corrected chi connectivity index (χ4v) is 3.66. The van der Waals surface area contributed by atoms with Crippen LogP contribution in [0, 0.1) is 0 Å². The first kappa shape index (κ1) is 19.1. The molecule has 2 rings (SSSR count). The molecule has 134 valence electrons. The Morgan fingerprint density at radius 2 is 1.88 bits per heavy atom. The van der Waals surface area contributed by atoms with Gasteiger partial charge in [0.15, 0.2) is 0 Å². The van der Waals surface area contributed by atoms with E-state index < -0.39 is 22.6 Å². The number of rotatable bonds is 7. The number of benzene rings is 2. The number of nitrogens with zero attached hydrogens (tertiary/aromatic N) is 1. The van der Waals surface area contributed by atoms with Gasteiger partial charge in [0.05, 0.1) is 4.90 Å². The first-order valence-corrected chi connectivity index (χ1v) is 9.35. The van der Waals surface area contributed by atoms with E-state index in [2.05, 4.69) is 5.32 Å². The summed E-state index contributed by atoms with van der Waals surface area (Å²) in [4.78, 5) is 12.4. The molecule has 0 unspecified atom stereocenters. The Balaban J connectivity index is 2.24. The number of halogens is 1. The largest absolute Gasteiger partial charge is 0.322 e. The second kappa shape index (κ2) is 8.22. The SMILES string of the molecule is CCCN(C)S(=O)(=O)c1cccc(C(=O)Nc2cccc(CF)c2)c1. The number of anilines is 1. The monoisotopic (exact) mass is 364 g/mol. The maximum Gasteiger partial charge on any atom is 0.255 e. The summed E-state index contributed by atoms with van der Waals surface area (Å²) in [7, 11) is -2.13. The highest BCUT2D eigenvalue weighted by molar-refractivity contribution is 7.89. The van der Waals surface area contributed by atoms with E-state index in [0.29, 0.717) is 24.2 Å². The van der Waals surface area contributed by atoms with Crippen LogP contribution >= 0.6 is 0 Å². The Morgan fingerprint density at radius 3 is 2.56 bits per heavy atom. The van der Waals surface area contributed by atoms with Crippen LogP contribution in [0.5, 0.6) is 0 Å². The minimum atomic E-state index is -3.64. The molecule has 5 nitrogen and oxygen atoms in total. The molecule has 0 aliphatic carbocycles. The van der Waals surface area contributed by atoms with E-state index in [4.69, 9.17) is 0 Å². The van der Waals surface area contributed by atoms with E-state index in [0.717, 1.165) is 0 Å². The number of alkyl halides is 1. The second-order valence-corrected chi connectivity index (χ2v) is 7.69. The third-order valence-corrected chi connectivity index (χ3v) is 5.53. The Morgan fingerprint density at radius 1 is 1.16 bits per heavy atom. The molecular formula is C18H21FN2O3S. The number of hydrogen-bond donors (Lipinski definition) is 1. The molecule has 25 heavy (non-hydrogen) atoms. The fourth-order valence-electron chi connectivity index (χ4n) is 2.35. The number of amides is 1. The van der Waals surface area contributed by atoms with Gasteiger partial charge in [0.25, 0.3) is 5.91 Å². The van der Waals surface area contributed by atoms with Gasteiger partial charge in [0.2, 0.25) is 10.0 Å². The average Bonchev–Trinajstić information content (AvgIpc) is 2.62. The summed E-state index contributed by atoms with van der Waals surface area (Å²) in [6.07, 6.45) is 0.695. The number of sulfonamides is 1. The molecule has 0 spiro atoms. The normalized spacial score (nSPS) is 11.5. The number of carbonyl (C=O) groups is 1. The van der Waals surface area contributed by atoms with E-state index >= 15 is 0 Å². The predicted molar refractivity (Wildman–Crippen MR) is 95.8 cm³/mol. The van der Waals surface area contributed by atoms with Gasteiger partial charge in [-0.2, -0.15) is 0 Å². The zero-order valence-corrected chi connectivity index (χ0v) is 15.0. The van der Waals surface area contributed by atoms with Gasteiger partial charge >= 0.3 is 0 Å². The summed E-state index contributed by atoms with van der Waals surface area (Å²) >= 11 is 0. The van der Waals surface area contributed by atoms with Crippen LogP contribution < -0.4 is 5.32 Å². The molecule has 0 bridgehead atoms. The molecule has 2 aromatic rings. The van der Waals surface area contributed by atoms with E-state index in [1.165, 1.54) is 41.7 Å². The second-order valence-electron chi connectivity index (χ2n) is 5.64. The molecule has 1 amide bonds. The van der Waals surface area contributed by atoms with Crippen LogP contribution in [-0.2, 0) is 16.7 Å². The predicted octanol–water partition coefficient (Wildman–Crippen LogP) is 3.44. The van der Waals surface area contributed by atoms with Crippen LogP contribution in [0.3, 0.4) is 0 Å². The molecular weight excluding hydrogens is 343 g/mol. The van der Waals surface area contributed by atoms with Gasteiger partial charge in [-0.3, -0.25) is 4.79 Å². The summed E-state index contributed by atoms with van der Waals surface area (Å²) in [5.41, 5.74) is 1.13. The van der Waals surface area contributed by atoms with Crippen molar-refractivity contribution >= 4 is 21.6 Å². The molecule has 0 saturated heterocycles. The average molecular weight is 364 g/mol. The quantitative estimate of drug-likeness (QED) is 0.818. The molecule has 0 aliphatic heterocycles. The van der Waals surface area contributed by atoms with Crippen LogP contribution in [0.15, 0.2) is 53.4 Å². The summed E-state index contributed by atoms with van der Waals surface area (Å²) in [5, 5.41) is 2.65. The third-order valence-electron chi connectivity index (χ3n) is 3.68. The molecule has 2 aromatic carbocycles. The minimum Gasteiger partial charge on any atom is -0.322 e. The van der Waals surface area contributed by atoms with Crippen molar-refractivity contribution in [3.63, 3.8) is 0 Å². The van der Waals surface area contributed by atoms with Crippen molar-refractivity contribution in [3.05, 3.63) is 59.7 Å². The van der Waals surface area contributed by atoms with E-state index in [1.54, 1.807) is 18.2 Å². The zero-order chi connectivity index (χ0) is 18.4. The van der Waals surface area contributed by atoms with Crippen molar-refractivity contribution in [2.45, 2.75) is 24.9 Å². The van der Waals surface area contributed by atoms with Crippen molar-refractivity contribution in [2.75, 3.05) is 18.9 Å². The van der Waals surface area contributed by atoms with Crippen molar-refractivity contribution < 1.29 is 17.6 Å². The Labute approximate surface area is 147 Å². The van der Waals surface area contributed by atoms with E-state index in [1.807, 2.05) is 6.92 Å². The highest BCUT2D eigenvalue weighted by Crippen LogP contribution is 2.18. The topological polar surface area (TPSA) is 66.5 Å². The fraction of sp³-hybridized carbons (Fsp3) is 0.278. The number of nitrogens with one attached hydrogen (secondary N) is 1. The summed E-state index contributed by atoms with van der Waals surface area (Å²) < 4.78 is 38.9. The first-order valence-electron chi connectivity index (χ1n) is 7.91. The van der Waals surface area contributed by atoms with Gasteiger partial charge < -0.3 is 5.32 Å². The molecule has 0 aliphatic rings. The standard InChI is InChI=1S/C18H21FN2O3S/c1-3-10-21(2)25(23,24)17-9-5-7-15(12-17)18(22)20-16-8-4-6-14(11-16)13-19/h4-9,11-12H,3,10,13H2,1-2H3,(H,20,22). The summed E-state index contributed by atoms with van der Waals surface area (Å²) in [5.74, 6) is -0.453. The lowest BCUT2D eigenvalue weighted by Gasteiger charge is -2.16. The van der Waals surface area contributed by atoms with Crippen molar-refractivity contribution in [2.24, 2.45) is 0 Å². The summed E-state index contributed by atoms with van der Waals surface area (Å²) in [6, 6.07) is 12.3. The number of carbonyl (C=O) groups excluding carboxylic acids is 1. The Bertz CT molecular complexity index is 853. The van der Waals surface area contributed by atoms with Gasteiger partial charge in [-0.25, -0.2) is 17.1 Å². The van der Waals surface area contributed by atoms with Crippen molar-refractivity contribution in [3.8, 4) is 0 Å². The van der Waals surface area contributed by atoms with Gasteiger partial charge in [-0.15, -0.1) is 0 Å². The van der Waals surface area contributed by atoms with Gasteiger partial charge in [0, 0.05) is 24.8 Å². The maximum atomic E-state index is 12.7. The van der Waals surface area contributed by atoms with Crippen LogP contribution in [0.25, 0.3) is 0 Å². The Kier molecular flexibility index (Phi) is 6.27. The molecule has 0 aromatic heterocycles. The molecule has 0 heterocycles. The third kappa shape index (κ3) is 4.64. The smallest absolute Gasteiger partial charge is 0.255 e. The number of hydrogen-bond acceptors (Lipinski definition) is 3. The zero-order valence-electron chi connectivity index (χ0n) is 14.2. The lowest BCUT2D eigenvalue weighted by Crippen LogP contribution is -2.27. The van der Waals surface area contributed by atoms with Gasteiger partial charge in [-0.05, 0) is 42.3 Å². The van der Waals surface area contributed by atoms with Crippen LogP contribution in [0.4, 0.5) is 10.1 Å². The minimum absolute atomic E-state index is 0.0635. The molecule has 0 saturated carbocycles. The van der Waals surface area contributed by atoms with Gasteiger partial charge in [0.1, 0.15) is 6.67 Å². The summed E-state index contributed by atoms with van der Waals surface area (Å²) in [6.45, 7) is 1.66. The highest BCUT2D eigenvalue weighted by Gasteiger charge is 2.21. The lowest BCUT2D eigenvalue weighted by atomic mass is 10.2. The van der Waals surface area contributed by atoms with Crippen molar-refractivity contribution in [1.29, 1.82) is 0 Å². The Hall–Kier alpha value is -2.25. The van der Waals surface area contributed by atoms with E-state index in [9.17, 15) is 17.6 Å². The molecule has 0 radical (unpaired) electrons.